The summed E-state index contributed by atoms with van der Waals surface area (Å²) in [5.41, 5.74) is 6.01. The monoisotopic (exact) mass is 264 g/mol. The molecule has 1 N–H and O–H groups in total. The Hall–Kier alpha value is -2.27. The van der Waals surface area contributed by atoms with Gasteiger partial charge >= 0.3 is 0 Å². The molecule has 0 amide bonds. The van der Waals surface area contributed by atoms with Gasteiger partial charge in [-0.2, -0.15) is 5.26 Å². The third-order valence-electron chi connectivity index (χ3n) is 3.36. The van der Waals surface area contributed by atoms with E-state index in [1.165, 1.54) is 16.7 Å². The highest BCUT2D eigenvalue weighted by Gasteiger charge is 2.06. The van der Waals surface area contributed by atoms with Crippen molar-refractivity contribution in [3.8, 4) is 6.07 Å². The van der Waals surface area contributed by atoms with Crippen LogP contribution in [0.15, 0.2) is 42.5 Å². The fraction of sp³-hybridized carbons (Fsp3) is 0.278. The van der Waals surface area contributed by atoms with Crippen molar-refractivity contribution in [1.82, 2.24) is 0 Å². The van der Waals surface area contributed by atoms with Crippen LogP contribution >= 0.6 is 0 Å². The van der Waals surface area contributed by atoms with Gasteiger partial charge in [0.25, 0.3) is 0 Å². The van der Waals surface area contributed by atoms with Crippen LogP contribution in [0.5, 0.6) is 0 Å². The number of nitrogens with one attached hydrogen (secondary N) is 1. The molecule has 1 unspecified atom stereocenters. The molecule has 102 valence electrons. The lowest BCUT2D eigenvalue weighted by atomic mass is 10.0. The standard InChI is InChI=1S/C18H20N2/c1-13-10-14(2)12-17(11-13)15(3)20-18-6-4-16(5-7-18)8-9-19/h4-7,10-12,15,20H,8H2,1-3H3. The molecule has 0 heterocycles. The van der Waals surface area contributed by atoms with Crippen molar-refractivity contribution in [3.05, 3.63) is 64.7 Å². The van der Waals surface area contributed by atoms with E-state index in [-0.39, 0.29) is 6.04 Å². The highest BCUT2D eigenvalue weighted by molar-refractivity contribution is 5.47. The molecule has 0 aliphatic rings. The van der Waals surface area contributed by atoms with Crippen molar-refractivity contribution >= 4 is 5.69 Å². The topological polar surface area (TPSA) is 35.8 Å². The summed E-state index contributed by atoms with van der Waals surface area (Å²) in [7, 11) is 0. The average molecular weight is 264 g/mol. The summed E-state index contributed by atoms with van der Waals surface area (Å²) < 4.78 is 0. The smallest absolute Gasteiger partial charge is 0.0669 e. The normalized spacial score (nSPS) is 11.7. The van der Waals surface area contributed by atoms with E-state index < -0.39 is 0 Å². The zero-order chi connectivity index (χ0) is 14.5. The van der Waals surface area contributed by atoms with Crippen molar-refractivity contribution in [1.29, 1.82) is 5.26 Å². The molecule has 2 rings (SSSR count). The van der Waals surface area contributed by atoms with E-state index in [1.807, 2.05) is 24.3 Å². The number of hydrogen-bond acceptors (Lipinski definition) is 2. The van der Waals surface area contributed by atoms with Crippen molar-refractivity contribution in [2.24, 2.45) is 0 Å². The number of anilines is 1. The highest BCUT2D eigenvalue weighted by Crippen LogP contribution is 2.21. The van der Waals surface area contributed by atoms with Crippen molar-refractivity contribution in [2.75, 3.05) is 5.32 Å². The second-order valence-electron chi connectivity index (χ2n) is 5.32. The second kappa shape index (κ2) is 6.25. The minimum atomic E-state index is 0.260. The van der Waals surface area contributed by atoms with Crippen LogP contribution in [-0.2, 0) is 6.42 Å². The largest absolute Gasteiger partial charge is 0.379 e. The third-order valence-corrected chi connectivity index (χ3v) is 3.36. The SMILES string of the molecule is Cc1cc(C)cc(C(C)Nc2ccc(CC#N)cc2)c1. The van der Waals surface area contributed by atoms with Gasteiger partial charge in [-0.3, -0.25) is 0 Å². The van der Waals surface area contributed by atoms with Crippen LogP contribution in [-0.4, -0.2) is 0 Å². The molecule has 2 aromatic carbocycles. The average Bonchev–Trinajstić information content (AvgIpc) is 2.40. The van der Waals surface area contributed by atoms with Crippen molar-refractivity contribution in [3.63, 3.8) is 0 Å². The summed E-state index contributed by atoms with van der Waals surface area (Å²) >= 11 is 0. The Morgan fingerprint density at radius 1 is 1.05 bits per heavy atom. The maximum absolute atomic E-state index is 8.67. The highest BCUT2D eigenvalue weighted by atomic mass is 14.9. The van der Waals surface area contributed by atoms with Gasteiger partial charge in [0, 0.05) is 11.7 Å². The molecule has 0 aliphatic heterocycles. The molecule has 0 aliphatic carbocycles. The number of rotatable bonds is 4. The first-order chi connectivity index (χ1) is 9.58. The number of benzene rings is 2. The maximum atomic E-state index is 8.67. The van der Waals surface area contributed by atoms with Gasteiger partial charge in [0.2, 0.25) is 0 Å². The molecule has 0 spiro atoms. The minimum absolute atomic E-state index is 0.260. The Morgan fingerprint density at radius 3 is 2.20 bits per heavy atom. The second-order valence-corrected chi connectivity index (χ2v) is 5.32. The van der Waals surface area contributed by atoms with Gasteiger partial charge in [-0.1, -0.05) is 41.5 Å². The van der Waals surface area contributed by atoms with Crippen LogP contribution in [0.4, 0.5) is 5.69 Å². The predicted octanol–water partition coefficient (Wildman–Crippen LogP) is 4.54. The number of hydrogen-bond donors (Lipinski definition) is 1. The fourth-order valence-corrected chi connectivity index (χ4v) is 2.40. The summed E-state index contributed by atoms with van der Waals surface area (Å²) in [6, 6.07) is 17.1. The lowest BCUT2D eigenvalue weighted by molar-refractivity contribution is 0.880. The van der Waals surface area contributed by atoms with Crippen LogP contribution in [0.25, 0.3) is 0 Å². The van der Waals surface area contributed by atoms with Gasteiger partial charge in [-0.15, -0.1) is 0 Å². The van der Waals surface area contributed by atoms with Crippen molar-refractivity contribution in [2.45, 2.75) is 33.2 Å². The summed E-state index contributed by atoms with van der Waals surface area (Å²) in [6.07, 6.45) is 0.465. The fourth-order valence-electron chi connectivity index (χ4n) is 2.40. The quantitative estimate of drug-likeness (QED) is 0.879. The lowest BCUT2D eigenvalue weighted by Crippen LogP contribution is -2.07. The molecular formula is C18H20N2. The molecule has 0 radical (unpaired) electrons. The maximum Gasteiger partial charge on any atom is 0.0669 e. The number of aryl methyl sites for hydroxylation is 2. The van der Waals surface area contributed by atoms with Gasteiger partial charge in [0.1, 0.15) is 0 Å². The first kappa shape index (κ1) is 14.1. The van der Waals surface area contributed by atoms with E-state index in [0.717, 1.165) is 11.3 Å². The first-order valence-electron chi connectivity index (χ1n) is 6.89. The van der Waals surface area contributed by atoms with E-state index >= 15 is 0 Å². The molecule has 0 bridgehead atoms. The van der Waals surface area contributed by atoms with Crippen LogP contribution in [0.3, 0.4) is 0 Å². The number of nitriles is 1. The Morgan fingerprint density at radius 2 is 1.65 bits per heavy atom. The Labute approximate surface area is 121 Å². The van der Waals surface area contributed by atoms with Crippen LogP contribution in [0, 0.1) is 25.2 Å². The molecule has 0 saturated carbocycles. The van der Waals surface area contributed by atoms with E-state index in [1.54, 1.807) is 0 Å². The zero-order valence-corrected chi connectivity index (χ0v) is 12.3. The van der Waals surface area contributed by atoms with Crippen LogP contribution in [0.1, 0.15) is 35.2 Å². The summed E-state index contributed by atoms with van der Waals surface area (Å²) in [4.78, 5) is 0. The third kappa shape index (κ3) is 3.61. The molecule has 2 nitrogen and oxygen atoms in total. The zero-order valence-electron chi connectivity index (χ0n) is 12.3. The predicted molar refractivity (Wildman–Crippen MR) is 83.7 cm³/mol. The molecule has 1 atom stereocenters. The molecule has 0 saturated heterocycles. The molecular weight excluding hydrogens is 244 g/mol. The molecule has 2 aromatic rings. The lowest BCUT2D eigenvalue weighted by Gasteiger charge is -2.17. The Bertz CT molecular complexity index is 601. The van der Waals surface area contributed by atoms with Gasteiger partial charge in [0.05, 0.1) is 12.5 Å². The van der Waals surface area contributed by atoms with E-state index in [4.69, 9.17) is 5.26 Å². The van der Waals surface area contributed by atoms with Gasteiger partial charge in [-0.05, 0) is 44.0 Å². The molecule has 0 fully saturated rings. The summed E-state index contributed by atoms with van der Waals surface area (Å²) in [6.45, 7) is 6.41. The van der Waals surface area contributed by atoms with Crippen LogP contribution < -0.4 is 5.32 Å². The van der Waals surface area contributed by atoms with Gasteiger partial charge in [0.15, 0.2) is 0 Å². The van der Waals surface area contributed by atoms with E-state index in [9.17, 15) is 0 Å². The summed E-state index contributed by atoms with van der Waals surface area (Å²) in [5, 5.41) is 12.2. The minimum Gasteiger partial charge on any atom is -0.379 e. The summed E-state index contributed by atoms with van der Waals surface area (Å²) in [5.74, 6) is 0. The Balaban J connectivity index is 2.10. The molecule has 0 aromatic heterocycles. The van der Waals surface area contributed by atoms with E-state index in [2.05, 4.69) is 50.4 Å². The van der Waals surface area contributed by atoms with E-state index in [0.29, 0.717) is 6.42 Å². The van der Waals surface area contributed by atoms with Crippen LogP contribution in [0.2, 0.25) is 0 Å². The molecule has 20 heavy (non-hydrogen) atoms. The van der Waals surface area contributed by atoms with Gasteiger partial charge < -0.3 is 5.32 Å². The number of nitrogens with zero attached hydrogens (tertiary/aromatic N) is 1. The Kier molecular flexibility index (Phi) is 4.42. The van der Waals surface area contributed by atoms with Crippen molar-refractivity contribution < 1.29 is 0 Å². The van der Waals surface area contributed by atoms with Gasteiger partial charge in [-0.25, -0.2) is 0 Å². The first-order valence-corrected chi connectivity index (χ1v) is 6.89. The molecule has 2 heteroatoms.